The maximum atomic E-state index is 13.2. The Morgan fingerprint density at radius 2 is 1.79 bits per heavy atom. The predicted octanol–water partition coefficient (Wildman–Crippen LogP) is 3.90. The summed E-state index contributed by atoms with van der Waals surface area (Å²) in [5.41, 5.74) is 2.05. The molecular weight excluding hydrogens is 370 g/mol. The van der Waals surface area contributed by atoms with Gasteiger partial charge >= 0.3 is 0 Å². The van der Waals surface area contributed by atoms with Crippen molar-refractivity contribution in [1.29, 1.82) is 0 Å². The van der Waals surface area contributed by atoms with Crippen molar-refractivity contribution in [3.63, 3.8) is 0 Å². The molecule has 5 nitrogen and oxygen atoms in total. The Hall–Kier alpha value is -1.40. The van der Waals surface area contributed by atoms with E-state index in [4.69, 9.17) is 4.98 Å². The van der Waals surface area contributed by atoms with Crippen molar-refractivity contribution >= 4 is 20.9 Å². The second-order valence-corrected chi connectivity index (χ2v) is 12.2. The highest BCUT2D eigenvalue weighted by Gasteiger charge is 2.31. The van der Waals surface area contributed by atoms with E-state index in [1.54, 1.807) is 0 Å². The van der Waals surface area contributed by atoms with Crippen molar-refractivity contribution in [2.45, 2.75) is 69.6 Å². The van der Waals surface area contributed by atoms with Gasteiger partial charge in [0.15, 0.2) is 9.84 Å². The van der Waals surface area contributed by atoms with Crippen LogP contribution in [-0.4, -0.2) is 48.3 Å². The zero-order valence-corrected chi connectivity index (χ0v) is 18.4. The first-order chi connectivity index (χ1) is 13.1. The Balaban J connectivity index is 1.70. The van der Waals surface area contributed by atoms with Crippen molar-refractivity contribution in [3.05, 3.63) is 24.0 Å². The molecule has 154 valence electrons. The number of rotatable bonds is 5. The van der Waals surface area contributed by atoms with Gasteiger partial charge in [-0.3, -0.25) is 0 Å². The van der Waals surface area contributed by atoms with Crippen LogP contribution in [-0.2, 0) is 22.8 Å². The molecule has 0 amide bonds. The van der Waals surface area contributed by atoms with Crippen LogP contribution >= 0.6 is 0 Å². The average molecular weight is 404 g/mol. The fourth-order valence-corrected chi connectivity index (χ4v) is 5.95. The third-order valence-corrected chi connectivity index (χ3v) is 8.32. The van der Waals surface area contributed by atoms with Crippen LogP contribution in [0, 0.1) is 11.3 Å². The largest absolute Gasteiger partial charge is 0.328 e. The van der Waals surface area contributed by atoms with Gasteiger partial charge in [0, 0.05) is 13.0 Å². The number of hydrogen-bond donors (Lipinski definition) is 0. The number of piperidine rings is 1. The highest BCUT2D eigenvalue weighted by atomic mass is 32.2. The van der Waals surface area contributed by atoms with E-state index in [-0.39, 0.29) is 10.7 Å². The molecule has 0 N–H and O–H groups in total. The van der Waals surface area contributed by atoms with E-state index in [1.165, 1.54) is 12.8 Å². The van der Waals surface area contributed by atoms with Crippen LogP contribution in [0.4, 0.5) is 0 Å². The second kappa shape index (κ2) is 7.13. The minimum absolute atomic E-state index is 0.145. The van der Waals surface area contributed by atoms with Gasteiger partial charge in [0.2, 0.25) is 0 Å². The third kappa shape index (κ3) is 4.13. The topological polar surface area (TPSA) is 55.2 Å². The van der Waals surface area contributed by atoms with Crippen LogP contribution in [0.25, 0.3) is 11.0 Å². The molecule has 0 bridgehead atoms. The molecule has 2 aromatic rings. The molecule has 2 fully saturated rings. The number of imidazole rings is 1. The summed E-state index contributed by atoms with van der Waals surface area (Å²) in [5, 5.41) is -0.274. The molecule has 1 saturated heterocycles. The number of aromatic nitrogens is 2. The Morgan fingerprint density at radius 3 is 2.39 bits per heavy atom. The number of likely N-dealkylation sites (tertiary alicyclic amines) is 1. The number of hydrogen-bond acceptors (Lipinski definition) is 4. The van der Waals surface area contributed by atoms with Crippen LogP contribution in [0.3, 0.4) is 0 Å². The lowest BCUT2D eigenvalue weighted by molar-refractivity contribution is 0.277. The first-order valence-electron chi connectivity index (χ1n) is 10.5. The van der Waals surface area contributed by atoms with Gasteiger partial charge in [-0.25, -0.2) is 13.4 Å². The van der Waals surface area contributed by atoms with Gasteiger partial charge in [-0.1, -0.05) is 20.8 Å². The van der Waals surface area contributed by atoms with Gasteiger partial charge in [0.25, 0.3) is 0 Å². The molecule has 0 spiro atoms. The van der Waals surface area contributed by atoms with E-state index in [0.29, 0.717) is 17.7 Å². The molecule has 6 heteroatoms. The van der Waals surface area contributed by atoms with E-state index < -0.39 is 9.84 Å². The van der Waals surface area contributed by atoms with Crippen LogP contribution in [0.1, 0.15) is 52.3 Å². The minimum Gasteiger partial charge on any atom is -0.328 e. The van der Waals surface area contributed by atoms with Gasteiger partial charge in [-0.05, 0) is 75.4 Å². The average Bonchev–Trinajstić information content (AvgIpc) is 3.37. The summed E-state index contributed by atoms with van der Waals surface area (Å²) in [4.78, 5) is 7.54. The quantitative estimate of drug-likeness (QED) is 0.760. The molecule has 0 radical (unpaired) electrons. The molecule has 1 aliphatic heterocycles. The Bertz CT molecular complexity index is 960. The maximum Gasteiger partial charge on any atom is 0.181 e. The summed E-state index contributed by atoms with van der Waals surface area (Å²) in [6.07, 6.45) is 4.89. The molecule has 2 heterocycles. The molecule has 0 atom stereocenters. The molecule has 1 aliphatic carbocycles. The number of sulfone groups is 1. The minimum atomic E-state index is -3.30. The van der Waals surface area contributed by atoms with Crippen molar-refractivity contribution in [1.82, 2.24) is 14.5 Å². The molecule has 1 aromatic carbocycles. The van der Waals surface area contributed by atoms with Crippen LogP contribution in [0.5, 0.6) is 0 Å². The SMILES string of the molecule is CN1CCC(S(=O)(=O)c2ccc3c(c2)nc(CC(C)(C)C)n3CC2CC2)CC1. The summed E-state index contributed by atoms with van der Waals surface area (Å²) < 4.78 is 28.7. The lowest BCUT2D eigenvalue weighted by atomic mass is 9.92. The molecule has 0 unspecified atom stereocenters. The van der Waals surface area contributed by atoms with Crippen LogP contribution in [0.15, 0.2) is 23.1 Å². The van der Waals surface area contributed by atoms with E-state index in [0.717, 1.165) is 48.8 Å². The summed E-state index contributed by atoms with van der Waals surface area (Å²) >= 11 is 0. The van der Waals surface area contributed by atoms with Crippen molar-refractivity contribution in [2.75, 3.05) is 20.1 Å². The van der Waals surface area contributed by atoms with Crippen molar-refractivity contribution in [3.8, 4) is 0 Å². The smallest absolute Gasteiger partial charge is 0.181 e. The molecule has 2 aliphatic rings. The summed E-state index contributed by atoms with van der Waals surface area (Å²) in [5.74, 6) is 1.84. The second-order valence-electron chi connectivity index (χ2n) is 10.0. The zero-order valence-electron chi connectivity index (χ0n) is 17.6. The molecular formula is C22H33N3O2S. The molecule has 1 saturated carbocycles. The monoisotopic (exact) mass is 403 g/mol. The standard InChI is InChI=1S/C22H33N3O2S/c1-22(2,3)14-21-23-19-13-18(7-8-20(19)25(21)15-16-5-6-16)28(26,27)17-9-11-24(4)12-10-17/h7-8,13,16-17H,5-6,9-12,14-15H2,1-4H3. The normalized spacial score (nSPS) is 20.1. The number of nitrogens with zero attached hydrogens (tertiary/aromatic N) is 3. The van der Waals surface area contributed by atoms with Gasteiger partial charge in [0.05, 0.1) is 21.2 Å². The van der Waals surface area contributed by atoms with Crippen LogP contribution < -0.4 is 0 Å². The molecule has 4 rings (SSSR count). The van der Waals surface area contributed by atoms with Gasteiger partial charge in [-0.15, -0.1) is 0 Å². The lowest BCUT2D eigenvalue weighted by Gasteiger charge is -2.28. The number of fused-ring (bicyclic) bond motifs is 1. The fraction of sp³-hybridized carbons (Fsp3) is 0.682. The summed E-state index contributed by atoms with van der Waals surface area (Å²) in [6, 6.07) is 5.61. The Kier molecular flexibility index (Phi) is 5.07. The number of benzene rings is 1. The van der Waals surface area contributed by atoms with Gasteiger partial charge in [0.1, 0.15) is 5.82 Å². The van der Waals surface area contributed by atoms with E-state index in [9.17, 15) is 8.42 Å². The van der Waals surface area contributed by atoms with Crippen molar-refractivity contribution in [2.24, 2.45) is 11.3 Å². The fourth-order valence-electron chi connectivity index (χ4n) is 4.20. The zero-order chi connectivity index (χ0) is 20.1. The first kappa shape index (κ1) is 19.9. The maximum absolute atomic E-state index is 13.2. The van der Waals surface area contributed by atoms with Crippen molar-refractivity contribution < 1.29 is 8.42 Å². The predicted molar refractivity (Wildman–Crippen MR) is 113 cm³/mol. The summed E-state index contributed by atoms with van der Waals surface area (Å²) in [7, 11) is -1.25. The Labute approximate surface area is 169 Å². The highest BCUT2D eigenvalue weighted by Crippen LogP contribution is 2.34. The van der Waals surface area contributed by atoms with Gasteiger partial charge < -0.3 is 9.47 Å². The van der Waals surface area contributed by atoms with E-state index in [2.05, 4.69) is 37.3 Å². The molecule has 1 aromatic heterocycles. The Morgan fingerprint density at radius 1 is 1.11 bits per heavy atom. The van der Waals surface area contributed by atoms with Crippen LogP contribution in [0.2, 0.25) is 0 Å². The van der Waals surface area contributed by atoms with E-state index >= 15 is 0 Å². The highest BCUT2D eigenvalue weighted by molar-refractivity contribution is 7.92. The lowest BCUT2D eigenvalue weighted by Crippen LogP contribution is -2.37. The van der Waals surface area contributed by atoms with Gasteiger partial charge in [-0.2, -0.15) is 0 Å². The summed E-state index contributed by atoms with van der Waals surface area (Å²) in [6.45, 7) is 9.37. The first-order valence-corrected chi connectivity index (χ1v) is 12.1. The van der Waals surface area contributed by atoms with E-state index in [1.807, 2.05) is 18.2 Å². The molecule has 28 heavy (non-hydrogen) atoms. The third-order valence-electron chi connectivity index (χ3n) is 6.06.